The number of carbonyl (C=O) groups is 1. The minimum absolute atomic E-state index is 0.0965. The van der Waals surface area contributed by atoms with Gasteiger partial charge in [0.1, 0.15) is 18.4 Å². The van der Waals surface area contributed by atoms with Gasteiger partial charge in [0, 0.05) is 17.7 Å². The molecule has 1 saturated carbocycles. The molecule has 1 heterocycles. The molecule has 1 unspecified atom stereocenters. The quantitative estimate of drug-likeness (QED) is 0.599. The predicted octanol–water partition coefficient (Wildman–Crippen LogP) is 2.74. The third-order valence-corrected chi connectivity index (χ3v) is 4.45. The lowest BCUT2D eigenvalue weighted by molar-refractivity contribution is -0.384. The van der Waals surface area contributed by atoms with Crippen LogP contribution in [0.3, 0.4) is 0 Å². The van der Waals surface area contributed by atoms with Gasteiger partial charge in [-0.25, -0.2) is 0 Å². The van der Waals surface area contributed by atoms with Gasteiger partial charge in [0.25, 0.3) is 11.6 Å². The molecular weight excluding hydrogens is 350 g/mol. The second kappa shape index (κ2) is 7.14. The van der Waals surface area contributed by atoms with Crippen molar-refractivity contribution in [3.8, 4) is 11.5 Å². The average Bonchev–Trinajstić information content (AvgIpc) is 3.50. The van der Waals surface area contributed by atoms with Gasteiger partial charge < -0.3 is 20.1 Å². The molecule has 1 atom stereocenters. The summed E-state index contributed by atoms with van der Waals surface area (Å²) in [4.78, 5) is 23.2. The van der Waals surface area contributed by atoms with Crippen molar-refractivity contribution in [1.82, 2.24) is 5.32 Å². The van der Waals surface area contributed by atoms with Gasteiger partial charge in [-0.3, -0.25) is 14.9 Å². The molecule has 2 N–H and O–H groups in total. The fraction of sp³-hybridized carbons (Fsp3) is 0.316. The van der Waals surface area contributed by atoms with Crippen LogP contribution < -0.4 is 20.1 Å². The highest BCUT2D eigenvalue weighted by molar-refractivity contribution is 5.95. The Hall–Kier alpha value is -3.29. The van der Waals surface area contributed by atoms with Crippen LogP contribution in [0.25, 0.3) is 0 Å². The highest BCUT2D eigenvalue weighted by Gasteiger charge is 2.26. The number of hydrogen-bond acceptors (Lipinski definition) is 6. The summed E-state index contributed by atoms with van der Waals surface area (Å²) in [5, 5.41) is 17.2. The normalized spacial score (nSPS) is 17.9. The molecule has 4 rings (SSSR count). The van der Waals surface area contributed by atoms with Crippen molar-refractivity contribution in [2.75, 3.05) is 18.5 Å². The van der Waals surface area contributed by atoms with E-state index in [-0.39, 0.29) is 29.9 Å². The predicted molar refractivity (Wildman–Crippen MR) is 98.4 cm³/mol. The standard InChI is InChI=1S/C19H19N3O5/c23-19(20-10-14-11-26-17-3-1-2-4-18(17)27-14)12-5-8-15(21-13-6-7-13)16(9-12)22(24)25/h1-5,8-9,13-14,21H,6-7,10-11H2,(H,20,23). The zero-order valence-electron chi connectivity index (χ0n) is 14.5. The number of para-hydroxylation sites is 2. The molecule has 1 aliphatic carbocycles. The molecular formula is C19H19N3O5. The lowest BCUT2D eigenvalue weighted by atomic mass is 10.1. The summed E-state index contributed by atoms with van der Waals surface area (Å²) < 4.78 is 11.4. The first-order valence-corrected chi connectivity index (χ1v) is 8.82. The average molecular weight is 369 g/mol. The van der Waals surface area contributed by atoms with Gasteiger partial charge >= 0.3 is 0 Å². The van der Waals surface area contributed by atoms with E-state index in [1.807, 2.05) is 18.2 Å². The maximum atomic E-state index is 12.4. The van der Waals surface area contributed by atoms with Crippen LogP contribution in [-0.4, -0.2) is 36.1 Å². The summed E-state index contributed by atoms with van der Waals surface area (Å²) in [5.74, 6) is 0.919. The zero-order valence-corrected chi connectivity index (χ0v) is 14.5. The third-order valence-electron chi connectivity index (χ3n) is 4.45. The molecule has 27 heavy (non-hydrogen) atoms. The molecule has 0 spiro atoms. The van der Waals surface area contributed by atoms with E-state index in [2.05, 4.69) is 10.6 Å². The molecule has 2 aliphatic rings. The van der Waals surface area contributed by atoms with Crippen LogP contribution in [0.5, 0.6) is 11.5 Å². The minimum Gasteiger partial charge on any atom is -0.486 e. The lowest BCUT2D eigenvalue weighted by Crippen LogP contribution is -2.40. The van der Waals surface area contributed by atoms with Crippen molar-refractivity contribution in [2.45, 2.75) is 25.0 Å². The third kappa shape index (κ3) is 3.94. The number of ether oxygens (including phenoxy) is 2. The number of nitro groups is 1. The number of amides is 1. The number of nitrogens with one attached hydrogen (secondary N) is 2. The number of hydrogen-bond donors (Lipinski definition) is 2. The first kappa shape index (κ1) is 17.1. The molecule has 0 saturated heterocycles. The number of nitrogens with zero attached hydrogens (tertiary/aromatic N) is 1. The van der Waals surface area contributed by atoms with E-state index >= 15 is 0 Å². The van der Waals surface area contributed by atoms with Crippen molar-refractivity contribution in [3.05, 3.63) is 58.1 Å². The molecule has 8 nitrogen and oxygen atoms in total. The van der Waals surface area contributed by atoms with Crippen LogP contribution in [0.15, 0.2) is 42.5 Å². The zero-order chi connectivity index (χ0) is 18.8. The number of nitro benzene ring substituents is 1. The maximum Gasteiger partial charge on any atom is 0.293 e. The molecule has 0 aromatic heterocycles. The van der Waals surface area contributed by atoms with Crippen LogP contribution >= 0.6 is 0 Å². The Morgan fingerprint density at radius 1 is 1.19 bits per heavy atom. The van der Waals surface area contributed by atoms with Crippen molar-refractivity contribution >= 4 is 17.3 Å². The van der Waals surface area contributed by atoms with E-state index in [0.29, 0.717) is 23.8 Å². The molecule has 8 heteroatoms. The number of carbonyl (C=O) groups excluding carboxylic acids is 1. The summed E-state index contributed by atoms with van der Waals surface area (Å²) in [6.07, 6.45) is 1.69. The van der Waals surface area contributed by atoms with Crippen molar-refractivity contribution < 1.29 is 19.2 Å². The van der Waals surface area contributed by atoms with Gasteiger partial charge in [-0.1, -0.05) is 12.1 Å². The van der Waals surface area contributed by atoms with Crippen LogP contribution in [0.1, 0.15) is 23.2 Å². The first-order valence-electron chi connectivity index (χ1n) is 8.82. The van der Waals surface area contributed by atoms with E-state index in [1.54, 1.807) is 18.2 Å². The van der Waals surface area contributed by atoms with Crippen LogP contribution in [-0.2, 0) is 0 Å². The molecule has 2 aromatic rings. The summed E-state index contributed by atoms with van der Waals surface area (Å²) >= 11 is 0. The van der Waals surface area contributed by atoms with Crippen LogP contribution in [0, 0.1) is 10.1 Å². The Balaban J connectivity index is 1.39. The summed E-state index contributed by atoms with van der Waals surface area (Å²) in [6.45, 7) is 0.560. The molecule has 1 amide bonds. The van der Waals surface area contributed by atoms with Gasteiger partial charge in [-0.2, -0.15) is 0 Å². The van der Waals surface area contributed by atoms with E-state index in [1.165, 1.54) is 6.07 Å². The summed E-state index contributed by atoms with van der Waals surface area (Å²) in [7, 11) is 0. The molecule has 1 fully saturated rings. The van der Waals surface area contributed by atoms with E-state index in [0.717, 1.165) is 12.8 Å². The van der Waals surface area contributed by atoms with Crippen LogP contribution in [0.2, 0.25) is 0 Å². The molecule has 1 aliphatic heterocycles. The molecule has 2 aromatic carbocycles. The van der Waals surface area contributed by atoms with Crippen molar-refractivity contribution in [1.29, 1.82) is 0 Å². The Morgan fingerprint density at radius 2 is 1.96 bits per heavy atom. The van der Waals surface area contributed by atoms with Gasteiger partial charge in [0.2, 0.25) is 0 Å². The van der Waals surface area contributed by atoms with Gasteiger partial charge in [0.15, 0.2) is 11.5 Å². The molecule has 0 radical (unpaired) electrons. The van der Waals surface area contributed by atoms with E-state index < -0.39 is 10.8 Å². The van der Waals surface area contributed by atoms with Crippen molar-refractivity contribution in [3.63, 3.8) is 0 Å². The fourth-order valence-electron chi connectivity index (χ4n) is 2.87. The van der Waals surface area contributed by atoms with Crippen molar-refractivity contribution in [2.24, 2.45) is 0 Å². The Kier molecular flexibility index (Phi) is 4.53. The summed E-state index contributed by atoms with van der Waals surface area (Å²) in [5.41, 5.74) is 0.584. The highest BCUT2D eigenvalue weighted by atomic mass is 16.6. The van der Waals surface area contributed by atoms with Gasteiger partial charge in [0.05, 0.1) is 11.5 Å². The topological polar surface area (TPSA) is 103 Å². The smallest absolute Gasteiger partial charge is 0.293 e. The molecule has 0 bridgehead atoms. The Labute approximate surface area is 155 Å². The Morgan fingerprint density at radius 3 is 2.70 bits per heavy atom. The lowest BCUT2D eigenvalue weighted by Gasteiger charge is -2.26. The van der Waals surface area contributed by atoms with Gasteiger partial charge in [-0.15, -0.1) is 0 Å². The second-order valence-electron chi connectivity index (χ2n) is 6.62. The minimum atomic E-state index is -0.476. The Bertz CT molecular complexity index is 881. The summed E-state index contributed by atoms with van der Waals surface area (Å²) in [6, 6.07) is 12.1. The SMILES string of the molecule is O=C(NCC1COc2ccccc2O1)c1ccc(NC2CC2)c([N+](=O)[O-])c1. The number of anilines is 1. The van der Waals surface area contributed by atoms with E-state index in [4.69, 9.17) is 9.47 Å². The second-order valence-corrected chi connectivity index (χ2v) is 6.62. The molecule has 140 valence electrons. The van der Waals surface area contributed by atoms with Crippen LogP contribution in [0.4, 0.5) is 11.4 Å². The number of rotatable bonds is 6. The maximum absolute atomic E-state index is 12.4. The fourth-order valence-corrected chi connectivity index (χ4v) is 2.87. The van der Waals surface area contributed by atoms with Gasteiger partial charge in [-0.05, 0) is 37.1 Å². The number of fused-ring (bicyclic) bond motifs is 1. The first-order chi connectivity index (χ1) is 13.1. The largest absolute Gasteiger partial charge is 0.486 e. The van der Waals surface area contributed by atoms with E-state index in [9.17, 15) is 14.9 Å². The monoisotopic (exact) mass is 369 g/mol. The highest BCUT2D eigenvalue weighted by Crippen LogP contribution is 2.32. The number of benzene rings is 2.